The van der Waals surface area contributed by atoms with Gasteiger partial charge in [0.05, 0.1) is 11.6 Å². The molecule has 1 aromatic rings. The molecular weight excluding hydrogens is 302 g/mol. The molecule has 4 heteroatoms. The van der Waals surface area contributed by atoms with Crippen LogP contribution in [0.1, 0.15) is 19.3 Å². The lowest BCUT2D eigenvalue weighted by molar-refractivity contribution is 0.254. The molecule has 1 fully saturated rings. The van der Waals surface area contributed by atoms with Crippen molar-refractivity contribution in [2.24, 2.45) is 5.92 Å². The minimum absolute atomic E-state index is 0.668. The number of halogens is 2. The first kappa shape index (κ1) is 13.2. The number of nitrogens with one attached hydrogen (secondary N) is 1. The van der Waals surface area contributed by atoms with E-state index in [9.17, 15) is 0 Å². The third-order valence-electron chi connectivity index (χ3n) is 3.08. The maximum atomic E-state index is 6.08. The van der Waals surface area contributed by atoms with Gasteiger partial charge < -0.3 is 10.1 Å². The van der Waals surface area contributed by atoms with E-state index in [0.717, 1.165) is 42.3 Å². The standard InChI is InChI=1S/C13H17BrClNO/c14-11-3-4-13(12(15)8-11)17-7-5-10-2-1-6-16-9-10/h3-4,8,10,16H,1-2,5-7,9H2. The van der Waals surface area contributed by atoms with Gasteiger partial charge in [0.2, 0.25) is 0 Å². The van der Waals surface area contributed by atoms with Gasteiger partial charge in [0.25, 0.3) is 0 Å². The van der Waals surface area contributed by atoms with Crippen LogP contribution >= 0.6 is 27.5 Å². The van der Waals surface area contributed by atoms with Gasteiger partial charge in [-0.2, -0.15) is 0 Å². The van der Waals surface area contributed by atoms with Crippen molar-refractivity contribution in [3.05, 3.63) is 27.7 Å². The Kier molecular flexibility index (Phi) is 5.14. The molecule has 17 heavy (non-hydrogen) atoms. The zero-order chi connectivity index (χ0) is 12.1. The summed E-state index contributed by atoms with van der Waals surface area (Å²) < 4.78 is 6.69. The van der Waals surface area contributed by atoms with Crippen molar-refractivity contribution in [1.29, 1.82) is 0 Å². The summed E-state index contributed by atoms with van der Waals surface area (Å²) in [6.07, 6.45) is 3.69. The van der Waals surface area contributed by atoms with E-state index < -0.39 is 0 Å². The Labute approximate surface area is 116 Å². The van der Waals surface area contributed by atoms with Crippen molar-refractivity contribution >= 4 is 27.5 Å². The van der Waals surface area contributed by atoms with Crippen molar-refractivity contribution in [2.45, 2.75) is 19.3 Å². The molecule has 0 bridgehead atoms. The second kappa shape index (κ2) is 6.62. The van der Waals surface area contributed by atoms with E-state index in [1.807, 2.05) is 18.2 Å². The van der Waals surface area contributed by atoms with Gasteiger partial charge in [-0.25, -0.2) is 0 Å². The van der Waals surface area contributed by atoms with Gasteiger partial charge in [0, 0.05) is 4.47 Å². The Bertz CT molecular complexity index is 366. The van der Waals surface area contributed by atoms with E-state index >= 15 is 0 Å². The fourth-order valence-electron chi connectivity index (χ4n) is 2.10. The van der Waals surface area contributed by atoms with E-state index in [1.54, 1.807) is 0 Å². The highest BCUT2D eigenvalue weighted by atomic mass is 79.9. The summed E-state index contributed by atoms with van der Waals surface area (Å²) >= 11 is 9.46. The van der Waals surface area contributed by atoms with Gasteiger partial charge in [-0.3, -0.25) is 0 Å². The SMILES string of the molecule is Clc1cc(Br)ccc1OCCC1CCCNC1. The molecule has 1 N–H and O–H groups in total. The van der Waals surface area contributed by atoms with Crippen LogP contribution in [0, 0.1) is 5.92 Å². The molecule has 1 aliphatic rings. The Morgan fingerprint density at radius 2 is 2.35 bits per heavy atom. The smallest absolute Gasteiger partial charge is 0.137 e. The summed E-state index contributed by atoms with van der Waals surface area (Å²) in [6.45, 7) is 3.03. The molecule has 0 aliphatic carbocycles. The first-order chi connectivity index (χ1) is 8.25. The van der Waals surface area contributed by atoms with Gasteiger partial charge in [-0.05, 0) is 56.5 Å². The molecule has 0 spiro atoms. The van der Waals surface area contributed by atoms with E-state index in [-0.39, 0.29) is 0 Å². The minimum atomic E-state index is 0.668. The summed E-state index contributed by atoms with van der Waals surface area (Å²) in [6, 6.07) is 5.72. The van der Waals surface area contributed by atoms with E-state index in [2.05, 4.69) is 21.2 Å². The quantitative estimate of drug-likeness (QED) is 0.910. The summed E-state index contributed by atoms with van der Waals surface area (Å²) in [7, 11) is 0. The Morgan fingerprint density at radius 1 is 1.47 bits per heavy atom. The number of rotatable bonds is 4. The van der Waals surface area contributed by atoms with Crippen molar-refractivity contribution in [3.63, 3.8) is 0 Å². The van der Waals surface area contributed by atoms with Gasteiger partial charge in [0.1, 0.15) is 5.75 Å². The molecule has 0 radical (unpaired) electrons. The third-order valence-corrected chi connectivity index (χ3v) is 3.87. The van der Waals surface area contributed by atoms with Crippen LogP contribution in [0.3, 0.4) is 0 Å². The maximum Gasteiger partial charge on any atom is 0.137 e. The molecule has 1 aliphatic heterocycles. The van der Waals surface area contributed by atoms with Crippen molar-refractivity contribution in [3.8, 4) is 5.75 Å². The molecule has 1 saturated heterocycles. The lowest BCUT2D eigenvalue weighted by Crippen LogP contribution is -2.30. The predicted octanol–water partition coefficient (Wildman–Crippen LogP) is 3.87. The van der Waals surface area contributed by atoms with Crippen LogP contribution in [0.5, 0.6) is 5.75 Å². The molecule has 94 valence electrons. The largest absolute Gasteiger partial charge is 0.492 e. The maximum absolute atomic E-state index is 6.08. The molecule has 1 heterocycles. The van der Waals surface area contributed by atoms with Gasteiger partial charge >= 0.3 is 0 Å². The zero-order valence-corrected chi connectivity index (χ0v) is 12.1. The predicted molar refractivity (Wildman–Crippen MR) is 74.9 cm³/mol. The Hall–Kier alpha value is -0.250. The molecule has 0 amide bonds. The highest BCUT2D eigenvalue weighted by Crippen LogP contribution is 2.28. The molecule has 0 saturated carbocycles. The Balaban J connectivity index is 1.77. The fraction of sp³-hybridized carbons (Fsp3) is 0.538. The number of hydrogen-bond donors (Lipinski definition) is 1. The van der Waals surface area contributed by atoms with Crippen LogP contribution in [0.2, 0.25) is 5.02 Å². The van der Waals surface area contributed by atoms with Gasteiger partial charge in [-0.15, -0.1) is 0 Å². The monoisotopic (exact) mass is 317 g/mol. The van der Waals surface area contributed by atoms with Gasteiger partial charge in [0.15, 0.2) is 0 Å². The van der Waals surface area contributed by atoms with Crippen molar-refractivity contribution in [1.82, 2.24) is 5.32 Å². The summed E-state index contributed by atoms with van der Waals surface area (Å²) in [4.78, 5) is 0. The average Bonchev–Trinajstić information content (AvgIpc) is 2.33. The van der Waals surface area contributed by atoms with Crippen LogP contribution in [0.15, 0.2) is 22.7 Å². The van der Waals surface area contributed by atoms with E-state index in [0.29, 0.717) is 5.02 Å². The van der Waals surface area contributed by atoms with Crippen LogP contribution in [-0.2, 0) is 0 Å². The number of piperidine rings is 1. The molecule has 0 aromatic heterocycles. The van der Waals surface area contributed by atoms with Gasteiger partial charge in [-0.1, -0.05) is 27.5 Å². The fourth-order valence-corrected chi connectivity index (χ4v) is 2.83. The topological polar surface area (TPSA) is 21.3 Å². The number of ether oxygens (including phenoxy) is 1. The first-order valence-electron chi connectivity index (χ1n) is 6.04. The molecule has 1 unspecified atom stereocenters. The highest BCUT2D eigenvalue weighted by molar-refractivity contribution is 9.10. The Morgan fingerprint density at radius 3 is 3.06 bits per heavy atom. The molecule has 2 rings (SSSR count). The lowest BCUT2D eigenvalue weighted by Gasteiger charge is -2.22. The first-order valence-corrected chi connectivity index (χ1v) is 7.21. The average molecular weight is 319 g/mol. The molecule has 2 nitrogen and oxygen atoms in total. The minimum Gasteiger partial charge on any atom is -0.492 e. The highest BCUT2D eigenvalue weighted by Gasteiger charge is 2.13. The summed E-state index contributed by atoms with van der Waals surface area (Å²) in [5.41, 5.74) is 0. The second-order valence-electron chi connectivity index (χ2n) is 4.42. The summed E-state index contributed by atoms with van der Waals surface area (Å²) in [5, 5.41) is 4.08. The van der Waals surface area contributed by atoms with E-state index in [1.165, 1.54) is 12.8 Å². The zero-order valence-electron chi connectivity index (χ0n) is 9.72. The van der Waals surface area contributed by atoms with Crippen molar-refractivity contribution in [2.75, 3.05) is 19.7 Å². The summed E-state index contributed by atoms with van der Waals surface area (Å²) in [5.74, 6) is 1.52. The van der Waals surface area contributed by atoms with Crippen LogP contribution in [0.25, 0.3) is 0 Å². The molecule has 1 atom stereocenters. The second-order valence-corrected chi connectivity index (χ2v) is 5.75. The molecule has 1 aromatic carbocycles. The van der Waals surface area contributed by atoms with Crippen LogP contribution in [0.4, 0.5) is 0 Å². The number of hydrogen-bond acceptors (Lipinski definition) is 2. The van der Waals surface area contributed by atoms with Crippen LogP contribution in [-0.4, -0.2) is 19.7 Å². The third kappa shape index (κ3) is 4.16. The van der Waals surface area contributed by atoms with Crippen LogP contribution < -0.4 is 10.1 Å². The number of benzene rings is 1. The van der Waals surface area contributed by atoms with Crippen molar-refractivity contribution < 1.29 is 4.74 Å². The van der Waals surface area contributed by atoms with E-state index in [4.69, 9.17) is 16.3 Å². The lowest BCUT2D eigenvalue weighted by atomic mass is 9.97. The normalized spacial score (nSPS) is 20.2. The molecular formula is C13H17BrClNO.